The van der Waals surface area contributed by atoms with Crippen molar-refractivity contribution in [1.29, 1.82) is 0 Å². The second-order valence-electron chi connectivity index (χ2n) is 7.65. The van der Waals surface area contributed by atoms with E-state index in [4.69, 9.17) is 9.47 Å². The average Bonchev–Trinajstić information content (AvgIpc) is 3.21. The third-order valence-electron chi connectivity index (χ3n) is 5.19. The predicted octanol–water partition coefficient (Wildman–Crippen LogP) is 1.19. The van der Waals surface area contributed by atoms with E-state index in [0.29, 0.717) is 41.6 Å². The Kier molecular flexibility index (Phi) is 8.73. The normalized spacial score (nSPS) is 16.4. The Bertz CT molecular complexity index is 1300. The first-order valence-electron chi connectivity index (χ1n) is 10.9. The highest BCUT2D eigenvalue weighted by Crippen LogP contribution is 2.33. The molecule has 0 saturated carbocycles. The van der Waals surface area contributed by atoms with Gasteiger partial charge in [0.1, 0.15) is 11.5 Å². The van der Waals surface area contributed by atoms with Crippen LogP contribution in [0.2, 0.25) is 0 Å². The summed E-state index contributed by atoms with van der Waals surface area (Å²) in [6.45, 7) is 0.248. The number of carbonyl (C=O) groups is 2. The third-order valence-corrected chi connectivity index (χ3v) is 7.90. The molecule has 1 amide bonds. The van der Waals surface area contributed by atoms with Crippen LogP contribution in [-0.2, 0) is 24.2 Å². The van der Waals surface area contributed by atoms with E-state index in [1.165, 1.54) is 38.5 Å². The molecule has 0 fully saturated rings. The molecule has 1 aliphatic heterocycles. The van der Waals surface area contributed by atoms with Crippen LogP contribution in [0.3, 0.4) is 0 Å². The van der Waals surface area contributed by atoms with Crippen molar-refractivity contribution < 1.29 is 32.2 Å². The maximum absolute atomic E-state index is 13.2. The van der Waals surface area contributed by atoms with Crippen LogP contribution < -0.4 is 25.5 Å². The zero-order chi connectivity index (χ0) is 25.5. The summed E-state index contributed by atoms with van der Waals surface area (Å²) in [6, 6.07) is 10.5. The zero-order valence-electron chi connectivity index (χ0n) is 19.4. The van der Waals surface area contributed by atoms with Gasteiger partial charge in [-0.15, -0.1) is 12.6 Å². The van der Waals surface area contributed by atoms with E-state index in [1.54, 1.807) is 18.2 Å². The summed E-state index contributed by atoms with van der Waals surface area (Å²) in [6.07, 6.45) is 2.57. The minimum atomic E-state index is -4.07. The quantitative estimate of drug-likeness (QED) is 0.244. The molecule has 1 atom stereocenters. The summed E-state index contributed by atoms with van der Waals surface area (Å²) in [7, 11) is -1.22. The van der Waals surface area contributed by atoms with Crippen LogP contribution in [0.25, 0.3) is 0 Å². The van der Waals surface area contributed by atoms with Crippen molar-refractivity contribution in [2.24, 2.45) is 9.98 Å². The topological polar surface area (TPSA) is 133 Å². The fourth-order valence-corrected chi connectivity index (χ4v) is 5.03. The summed E-state index contributed by atoms with van der Waals surface area (Å²) in [5.41, 5.74) is 0. The number of fused-ring (bicyclic) bond motifs is 1. The number of thiol groups is 1. The molecule has 0 saturated heterocycles. The van der Waals surface area contributed by atoms with E-state index in [-0.39, 0.29) is 23.4 Å². The number of sulfone groups is 1. The van der Waals surface area contributed by atoms with Crippen molar-refractivity contribution in [1.82, 2.24) is 5.32 Å². The van der Waals surface area contributed by atoms with Crippen molar-refractivity contribution >= 4 is 34.3 Å². The number of ether oxygens (including phenoxy) is 3. The van der Waals surface area contributed by atoms with Crippen molar-refractivity contribution in [3.8, 4) is 11.5 Å². The predicted molar refractivity (Wildman–Crippen MR) is 130 cm³/mol. The minimum Gasteiger partial charge on any atom is -0.497 e. The lowest BCUT2D eigenvalue weighted by molar-refractivity contribution is -0.140. The number of rotatable bonds is 12. The minimum absolute atomic E-state index is 0.0384. The molecule has 0 radical (unpaired) electrons. The van der Waals surface area contributed by atoms with E-state index in [1.807, 2.05) is 0 Å². The van der Waals surface area contributed by atoms with Gasteiger partial charge in [0.05, 0.1) is 29.8 Å². The molecule has 2 aromatic rings. The second-order valence-corrected chi connectivity index (χ2v) is 10.6. The van der Waals surface area contributed by atoms with Gasteiger partial charge in [0.2, 0.25) is 9.84 Å². The molecule has 0 spiro atoms. The lowest BCUT2D eigenvalue weighted by Crippen LogP contribution is -2.29. The number of hydrogen-bond donors (Lipinski definition) is 2. The Balaban J connectivity index is 1.53. The Morgan fingerprint density at radius 3 is 2.34 bits per heavy atom. The molecule has 0 bridgehead atoms. The fraction of sp³-hybridized carbons (Fsp3) is 0.391. The van der Waals surface area contributed by atoms with Gasteiger partial charge >= 0.3 is 10.3 Å². The van der Waals surface area contributed by atoms with Crippen LogP contribution in [0.5, 0.6) is 11.5 Å². The summed E-state index contributed by atoms with van der Waals surface area (Å²) in [5, 5.41) is 3.50. The van der Waals surface area contributed by atoms with Gasteiger partial charge in [0.15, 0.2) is 6.61 Å². The highest BCUT2D eigenvalue weighted by atomic mass is 32.2. The molecule has 0 aliphatic carbocycles. The first kappa shape index (κ1) is 26.5. The van der Waals surface area contributed by atoms with Crippen LogP contribution >= 0.6 is 12.6 Å². The largest absolute Gasteiger partial charge is 0.497 e. The molecule has 188 valence electrons. The average molecular weight is 522 g/mol. The standard InChI is InChI=1S/C23H27N3O7S2/c1-31-17-9-12-19-20(14-17)26-23(34,25-19)35(29,30)18-10-7-16(8-11-18)33-15-21(27)24-13-5-3-4-6-22(28)32-2/h7-12,14,34H,3-6,13,15H2,1-2H3,(H,24,27). The summed E-state index contributed by atoms with van der Waals surface area (Å²) >= 11 is 4.27. The van der Waals surface area contributed by atoms with E-state index in [0.717, 1.165) is 12.8 Å². The number of hydrogen-bond acceptors (Lipinski definition) is 10. The van der Waals surface area contributed by atoms with Gasteiger partial charge in [-0.05, 0) is 49.2 Å². The van der Waals surface area contributed by atoms with Crippen molar-refractivity contribution in [3.63, 3.8) is 0 Å². The smallest absolute Gasteiger partial charge is 0.305 e. The van der Waals surface area contributed by atoms with Crippen molar-refractivity contribution in [2.45, 2.75) is 34.9 Å². The number of esters is 1. The van der Waals surface area contributed by atoms with E-state index in [2.05, 4.69) is 32.7 Å². The highest BCUT2D eigenvalue weighted by Gasteiger charge is 2.43. The number of nitrogens with zero attached hydrogens (tertiary/aromatic N) is 2. The lowest BCUT2D eigenvalue weighted by Gasteiger charge is -2.17. The molecular formula is C23H27N3O7S2. The summed E-state index contributed by atoms with van der Waals surface area (Å²) < 4.78 is 39.5. The SMILES string of the molecule is COC(=O)CCCCCNC(=O)COc1ccc(S(=O)(=O)C2(S)N=c3ccc(OC)cc3=N2)cc1. The monoisotopic (exact) mass is 521 g/mol. The molecule has 1 aliphatic rings. The zero-order valence-corrected chi connectivity index (χ0v) is 21.1. The first-order chi connectivity index (χ1) is 16.7. The van der Waals surface area contributed by atoms with Crippen LogP contribution in [0.15, 0.2) is 57.3 Å². The Morgan fingerprint density at radius 2 is 1.66 bits per heavy atom. The second kappa shape index (κ2) is 11.5. The number of carbonyl (C=O) groups excluding carboxylic acids is 2. The Labute approximate surface area is 208 Å². The van der Waals surface area contributed by atoms with Gasteiger partial charge < -0.3 is 19.5 Å². The molecule has 12 heteroatoms. The fourth-order valence-electron chi connectivity index (χ4n) is 3.25. The number of nitrogens with one attached hydrogen (secondary N) is 1. The van der Waals surface area contributed by atoms with Gasteiger partial charge in [-0.1, -0.05) is 6.42 Å². The number of amides is 1. The van der Waals surface area contributed by atoms with Crippen LogP contribution in [0, 0.1) is 0 Å². The number of benzene rings is 2. The lowest BCUT2D eigenvalue weighted by atomic mass is 10.2. The Morgan fingerprint density at radius 1 is 0.971 bits per heavy atom. The molecule has 3 rings (SSSR count). The van der Waals surface area contributed by atoms with Gasteiger partial charge in [-0.2, -0.15) is 0 Å². The molecule has 1 heterocycles. The van der Waals surface area contributed by atoms with Crippen LogP contribution in [0.4, 0.5) is 0 Å². The molecular weight excluding hydrogens is 494 g/mol. The van der Waals surface area contributed by atoms with Crippen LogP contribution in [-0.4, -0.2) is 52.0 Å². The summed E-state index contributed by atoms with van der Waals surface area (Å²) in [4.78, 5) is 31.4. The van der Waals surface area contributed by atoms with Crippen LogP contribution in [0.1, 0.15) is 25.7 Å². The molecule has 35 heavy (non-hydrogen) atoms. The first-order valence-corrected chi connectivity index (χ1v) is 12.8. The summed E-state index contributed by atoms with van der Waals surface area (Å²) in [5.74, 6) is 0.310. The number of unbranched alkanes of at least 4 members (excludes halogenated alkanes) is 2. The van der Waals surface area contributed by atoms with Gasteiger partial charge in [-0.25, -0.2) is 18.4 Å². The molecule has 2 aromatic carbocycles. The van der Waals surface area contributed by atoms with E-state index >= 15 is 0 Å². The molecule has 1 unspecified atom stereocenters. The van der Waals surface area contributed by atoms with Crippen molar-refractivity contribution in [2.75, 3.05) is 27.4 Å². The van der Waals surface area contributed by atoms with Gasteiger partial charge in [0, 0.05) is 19.0 Å². The van der Waals surface area contributed by atoms with Gasteiger partial charge in [-0.3, -0.25) is 9.59 Å². The Hall–Kier alpha value is -3.12. The van der Waals surface area contributed by atoms with E-state index in [9.17, 15) is 18.0 Å². The number of methoxy groups -OCH3 is 2. The van der Waals surface area contributed by atoms with Gasteiger partial charge in [0.25, 0.3) is 5.91 Å². The molecule has 1 N–H and O–H groups in total. The third kappa shape index (κ3) is 6.51. The highest BCUT2D eigenvalue weighted by molar-refractivity contribution is 8.06. The molecule has 0 aromatic heterocycles. The maximum Gasteiger partial charge on any atom is 0.305 e. The molecule has 10 nitrogen and oxygen atoms in total. The van der Waals surface area contributed by atoms with E-state index < -0.39 is 14.2 Å². The maximum atomic E-state index is 13.2. The van der Waals surface area contributed by atoms with Crippen molar-refractivity contribution in [3.05, 3.63) is 53.2 Å².